The number of hydrogen-bond acceptors (Lipinski definition) is 7. The lowest BCUT2D eigenvalue weighted by molar-refractivity contribution is -0.143. The fourth-order valence-electron chi connectivity index (χ4n) is 2.78. The van der Waals surface area contributed by atoms with E-state index in [-0.39, 0.29) is 23.1 Å². The number of hydrogen-bond donors (Lipinski definition) is 5. The van der Waals surface area contributed by atoms with Crippen LogP contribution >= 0.6 is 0 Å². The first-order chi connectivity index (χ1) is 13.7. The molecule has 0 saturated carbocycles. The molecule has 0 aliphatic carbocycles. The van der Waals surface area contributed by atoms with Gasteiger partial charge < -0.3 is 32.6 Å². The number of ether oxygens (including phenoxy) is 1. The smallest absolute Gasteiger partial charge is 0.328 e. The van der Waals surface area contributed by atoms with Gasteiger partial charge >= 0.3 is 5.97 Å². The molecule has 0 bridgehead atoms. The monoisotopic (exact) mass is 407 g/mol. The van der Waals surface area contributed by atoms with E-state index < -0.39 is 24.0 Å². The van der Waals surface area contributed by atoms with Crippen molar-refractivity contribution in [1.82, 2.24) is 5.32 Å². The Morgan fingerprint density at radius 2 is 1.86 bits per heavy atom. The van der Waals surface area contributed by atoms with Crippen LogP contribution in [0.1, 0.15) is 49.9 Å². The highest BCUT2D eigenvalue weighted by atomic mass is 16.5. The quantitative estimate of drug-likeness (QED) is 0.207. The van der Waals surface area contributed by atoms with Crippen molar-refractivity contribution in [2.45, 2.75) is 51.6 Å². The molecule has 0 fully saturated rings. The van der Waals surface area contributed by atoms with E-state index in [1.807, 2.05) is 13.8 Å². The minimum absolute atomic E-state index is 0.223. The Bertz CT molecular complexity index is 708. The zero-order valence-electron chi connectivity index (χ0n) is 17.4. The molecule has 1 rings (SSSR count). The molecule has 0 saturated heterocycles. The number of anilines is 2. The lowest BCUT2D eigenvalue weighted by atomic mass is 10.0. The predicted octanol–water partition coefficient (Wildman–Crippen LogP) is 0.981. The Labute approximate surface area is 171 Å². The van der Waals surface area contributed by atoms with Crippen molar-refractivity contribution in [3.05, 3.63) is 23.8 Å². The van der Waals surface area contributed by atoms with Crippen LogP contribution in [0.3, 0.4) is 0 Å². The van der Waals surface area contributed by atoms with Gasteiger partial charge in [0.25, 0.3) is 5.91 Å². The molecule has 1 aromatic rings. The van der Waals surface area contributed by atoms with E-state index in [1.54, 1.807) is 0 Å². The normalized spacial score (nSPS) is 12.9. The Kier molecular flexibility index (Phi) is 10.1. The van der Waals surface area contributed by atoms with Gasteiger partial charge in [-0.15, -0.1) is 0 Å². The van der Waals surface area contributed by atoms with Crippen LogP contribution < -0.4 is 27.8 Å². The fourth-order valence-corrected chi connectivity index (χ4v) is 2.78. The van der Waals surface area contributed by atoms with Crippen LogP contribution in [0, 0.1) is 5.92 Å². The van der Waals surface area contributed by atoms with Crippen LogP contribution in [0.5, 0.6) is 0 Å². The maximum absolute atomic E-state index is 12.5. The molecule has 1 aromatic carbocycles. The lowest BCUT2D eigenvalue weighted by Crippen LogP contribution is -2.41. The van der Waals surface area contributed by atoms with Crippen molar-refractivity contribution in [2.24, 2.45) is 17.4 Å². The number of esters is 1. The molecule has 9 nitrogen and oxygen atoms in total. The minimum atomic E-state index is -0.770. The van der Waals surface area contributed by atoms with E-state index in [0.29, 0.717) is 31.5 Å². The molecule has 0 radical (unpaired) electrons. The first kappa shape index (κ1) is 24.4. The van der Waals surface area contributed by atoms with Gasteiger partial charge in [0.1, 0.15) is 6.04 Å². The molecular formula is C20H33N5O4. The minimum Gasteiger partial charge on any atom is -0.467 e. The Morgan fingerprint density at radius 1 is 1.17 bits per heavy atom. The maximum Gasteiger partial charge on any atom is 0.328 e. The van der Waals surface area contributed by atoms with Crippen molar-refractivity contribution in [3.8, 4) is 0 Å². The summed E-state index contributed by atoms with van der Waals surface area (Å²) in [4.78, 5) is 36.6. The summed E-state index contributed by atoms with van der Waals surface area (Å²) in [5.74, 6) is -1.04. The second-order valence-electron chi connectivity index (χ2n) is 7.36. The number of methoxy groups -OCH3 is 1. The average molecular weight is 408 g/mol. The van der Waals surface area contributed by atoms with Crippen LogP contribution in [0.4, 0.5) is 11.4 Å². The van der Waals surface area contributed by atoms with Crippen LogP contribution in [-0.4, -0.2) is 43.5 Å². The van der Waals surface area contributed by atoms with Crippen molar-refractivity contribution in [2.75, 3.05) is 24.7 Å². The molecule has 29 heavy (non-hydrogen) atoms. The molecule has 0 aliphatic rings. The zero-order chi connectivity index (χ0) is 22.0. The summed E-state index contributed by atoms with van der Waals surface area (Å²) >= 11 is 0. The van der Waals surface area contributed by atoms with Crippen molar-refractivity contribution >= 4 is 29.2 Å². The molecule has 9 heteroatoms. The summed E-state index contributed by atoms with van der Waals surface area (Å²) in [7, 11) is 1.27. The number of carbonyl (C=O) groups excluding carboxylic acids is 3. The Balaban J connectivity index is 2.81. The highest BCUT2D eigenvalue weighted by molar-refractivity contribution is 6.01. The number of nitrogens with two attached hydrogens (primary N) is 3. The molecule has 8 N–H and O–H groups in total. The molecule has 0 aliphatic heterocycles. The van der Waals surface area contributed by atoms with Gasteiger partial charge in [0.2, 0.25) is 5.91 Å². The molecule has 0 unspecified atom stereocenters. The van der Waals surface area contributed by atoms with Gasteiger partial charge in [0, 0.05) is 5.56 Å². The van der Waals surface area contributed by atoms with E-state index in [1.165, 1.54) is 25.3 Å². The summed E-state index contributed by atoms with van der Waals surface area (Å²) in [5.41, 5.74) is 18.2. The highest BCUT2D eigenvalue weighted by Crippen LogP contribution is 2.21. The number of carbonyl (C=O) groups is 3. The number of amides is 2. The summed E-state index contributed by atoms with van der Waals surface area (Å²) in [6.07, 6.45) is 2.39. The van der Waals surface area contributed by atoms with E-state index in [2.05, 4.69) is 10.6 Å². The van der Waals surface area contributed by atoms with Crippen LogP contribution in [0.15, 0.2) is 18.2 Å². The van der Waals surface area contributed by atoms with Crippen LogP contribution in [0.25, 0.3) is 0 Å². The number of rotatable bonds is 11. The van der Waals surface area contributed by atoms with E-state index in [9.17, 15) is 14.4 Å². The Morgan fingerprint density at radius 3 is 2.41 bits per heavy atom. The second kappa shape index (κ2) is 12.0. The Hall–Kier alpha value is -2.65. The topological polar surface area (TPSA) is 163 Å². The molecule has 0 spiro atoms. The van der Waals surface area contributed by atoms with Gasteiger partial charge in [-0.05, 0) is 56.3 Å². The standard InChI is InChI=1S/C20H33N5O4/c1-12(2)10-15(23)19(27)24-16-8-7-13(11-14(16)22)18(26)25-17(20(28)29-3)6-4-5-9-21/h7-8,11-12,15,17H,4-6,9-10,21-23H2,1-3H3,(H,24,27)(H,25,26)/t15-,17-/m0/s1. The predicted molar refractivity (Wildman–Crippen MR) is 113 cm³/mol. The van der Waals surface area contributed by atoms with E-state index in [4.69, 9.17) is 21.9 Å². The van der Waals surface area contributed by atoms with Gasteiger partial charge in [0.05, 0.1) is 24.5 Å². The van der Waals surface area contributed by atoms with Gasteiger partial charge in [-0.25, -0.2) is 4.79 Å². The number of nitrogens with one attached hydrogen (secondary N) is 2. The molecule has 162 valence electrons. The zero-order valence-corrected chi connectivity index (χ0v) is 17.4. The molecular weight excluding hydrogens is 374 g/mol. The summed E-state index contributed by atoms with van der Waals surface area (Å²) in [6, 6.07) is 3.07. The summed E-state index contributed by atoms with van der Waals surface area (Å²) < 4.78 is 4.75. The van der Waals surface area contributed by atoms with Crippen molar-refractivity contribution in [3.63, 3.8) is 0 Å². The fraction of sp³-hybridized carbons (Fsp3) is 0.550. The van der Waals surface area contributed by atoms with Crippen LogP contribution in [-0.2, 0) is 14.3 Å². The third-order valence-corrected chi connectivity index (χ3v) is 4.37. The van der Waals surface area contributed by atoms with Gasteiger partial charge in [0.15, 0.2) is 0 Å². The van der Waals surface area contributed by atoms with E-state index in [0.717, 1.165) is 6.42 Å². The number of unbranched alkanes of at least 4 members (excludes halogenated alkanes) is 1. The molecule has 2 atom stereocenters. The third kappa shape index (κ3) is 8.08. The number of benzene rings is 1. The SMILES string of the molecule is COC(=O)[C@H](CCCCN)NC(=O)c1ccc(NC(=O)[C@@H](N)CC(C)C)c(N)c1. The highest BCUT2D eigenvalue weighted by Gasteiger charge is 2.22. The summed E-state index contributed by atoms with van der Waals surface area (Å²) in [5, 5.41) is 5.33. The molecule has 2 amide bonds. The molecule has 0 aromatic heterocycles. The number of nitrogen functional groups attached to an aromatic ring is 1. The second-order valence-corrected chi connectivity index (χ2v) is 7.36. The first-order valence-electron chi connectivity index (χ1n) is 9.74. The van der Waals surface area contributed by atoms with E-state index >= 15 is 0 Å². The third-order valence-electron chi connectivity index (χ3n) is 4.37. The maximum atomic E-state index is 12.5. The van der Waals surface area contributed by atoms with Crippen molar-refractivity contribution < 1.29 is 19.1 Å². The van der Waals surface area contributed by atoms with Gasteiger partial charge in [-0.2, -0.15) is 0 Å². The van der Waals surface area contributed by atoms with Crippen LogP contribution in [0.2, 0.25) is 0 Å². The van der Waals surface area contributed by atoms with Crippen molar-refractivity contribution in [1.29, 1.82) is 0 Å². The first-order valence-corrected chi connectivity index (χ1v) is 9.74. The summed E-state index contributed by atoms with van der Waals surface area (Å²) in [6.45, 7) is 4.46. The lowest BCUT2D eigenvalue weighted by Gasteiger charge is -2.17. The van der Waals surface area contributed by atoms with Gasteiger partial charge in [-0.1, -0.05) is 13.8 Å². The average Bonchev–Trinajstić information content (AvgIpc) is 2.67. The largest absolute Gasteiger partial charge is 0.467 e. The molecule has 0 heterocycles. The van der Waals surface area contributed by atoms with Gasteiger partial charge in [-0.3, -0.25) is 9.59 Å².